The van der Waals surface area contributed by atoms with Gasteiger partial charge in [0.2, 0.25) is 5.91 Å². The van der Waals surface area contributed by atoms with Crippen LogP contribution < -0.4 is 5.43 Å². The summed E-state index contributed by atoms with van der Waals surface area (Å²) in [6, 6.07) is 14.7. The molecule has 4 heteroatoms. The van der Waals surface area contributed by atoms with Crippen LogP contribution in [0.5, 0.6) is 0 Å². The molecule has 0 radical (unpaired) electrons. The fourth-order valence-electron chi connectivity index (χ4n) is 3.19. The first-order chi connectivity index (χ1) is 12.5. The zero-order chi connectivity index (χ0) is 18.7. The lowest BCUT2D eigenvalue weighted by Gasteiger charge is -2.08. The minimum absolute atomic E-state index is 0.110. The van der Waals surface area contributed by atoms with E-state index in [9.17, 15) is 4.79 Å². The van der Waals surface area contributed by atoms with Crippen molar-refractivity contribution < 1.29 is 4.79 Å². The molecule has 0 spiro atoms. The van der Waals surface area contributed by atoms with Gasteiger partial charge in [0.15, 0.2) is 0 Å². The van der Waals surface area contributed by atoms with Crippen LogP contribution in [-0.4, -0.2) is 16.7 Å². The van der Waals surface area contributed by atoms with E-state index < -0.39 is 0 Å². The van der Waals surface area contributed by atoms with Gasteiger partial charge < -0.3 is 4.57 Å². The number of hydrogen-bond donors (Lipinski definition) is 1. The van der Waals surface area contributed by atoms with E-state index in [4.69, 9.17) is 0 Å². The molecule has 1 heterocycles. The third kappa shape index (κ3) is 3.85. The van der Waals surface area contributed by atoms with Gasteiger partial charge in [-0.1, -0.05) is 42.0 Å². The van der Waals surface area contributed by atoms with Crippen molar-refractivity contribution in [1.82, 2.24) is 9.99 Å². The van der Waals surface area contributed by atoms with Crippen molar-refractivity contribution in [3.8, 4) is 0 Å². The molecule has 1 aromatic heterocycles. The number of nitrogens with zero attached hydrogens (tertiary/aromatic N) is 2. The Balaban J connectivity index is 1.72. The molecular formula is C22H25N3O. The molecule has 0 atom stereocenters. The van der Waals surface area contributed by atoms with E-state index in [2.05, 4.69) is 60.3 Å². The zero-order valence-electron chi connectivity index (χ0n) is 15.8. The number of rotatable bonds is 5. The average molecular weight is 347 g/mol. The van der Waals surface area contributed by atoms with Gasteiger partial charge in [-0.15, -0.1) is 0 Å². The summed E-state index contributed by atoms with van der Waals surface area (Å²) < 4.78 is 2.22. The van der Waals surface area contributed by atoms with Gasteiger partial charge in [-0.05, 0) is 44.9 Å². The highest BCUT2D eigenvalue weighted by Gasteiger charge is 2.09. The molecule has 3 aromatic rings. The third-order valence-corrected chi connectivity index (χ3v) is 4.57. The maximum Gasteiger partial charge on any atom is 0.244 e. The second-order valence-corrected chi connectivity index (χ2v) is 7.00. The average Bonchev–Trinajstić information content (AvgIpc) is 2.97. The summed E-state index contributed by atoms with van der Waals surface area (Å²) in [5.74, 6) is -0.110. The van der Waals surface area contributed by atoms with Crippen LogP contribution in [0.2, 0.25) is 0 Å². The maximum atomic E-state index is 12.2. The number of aromatic nitrogens is 1. The van der Waals surface area contributed by atoms with Crippen LogP contribution in [0, 0.1) is 13.8 Å². The van der Waals surface area contributed by atoms with Crippen molar-refractivity contribution in [2.24, 2.45) is 5.10 Å². The standard InChI is InChI=1S/C22H25N3O/c1-15(2)25-14-19(20-7-5-6-8-21(20)25)13-23-24-22(26)12-18-10-9-16(3)11-17(18)4/h5-11,13-15H,12H2,1-4H3,(H,24,26)/b23-13-. The molecule has 1 amide bonds. The largest absolute Gasteiger partial charge is 0.344 e. The molecule has 4 nitrogen and oxygen atoms in total. The smallest absolute Gasteiger partial charge is 0.244 e. The molecule has 0 saturated heterocycles. The Hall–Kier alpha value is -2.88. The van der Waals surface area contributed by atoms with E-state index in [1.54, 1.807) is 6.21 Å². The van der Waals surface area contributed by atoms with Gasteiger partial charge in [-0.25, -0.2) is 5.43 Å². The summed E-state index contributed by atoms with van der Waals surface area (Å²) in [6.07, 6.45) is 4.13. The number of carbonyl (C=O) groups excluding carboxylic acids is 1. The summed E-state index contributed by atoms with van der Waals surface area (Å²) in [4.78, 5) is 12.2. The van der Waals surface area contributed by atoms with E-state index in [0.717, 1.165) is 22.1 Å². The molecule has 134 valence electrons. The van der Waals surface area contributed by atoms with Crippen LogP contribution in [0.25, 0.3) is 10.9 Å². The van der Waals surface area contributed by atoms with Crippen molar-refractivity contribution >= 4 is 23.0 Å². The van der Waals surface area contributed by atoms with Crippen LogP contribution in [0.3, 0.4) is 0 Å². The molecule has 3 rings (SSSR count). The van der Waals surface area contributed by atoms with Gasteiger partial charge >= 0.3 is 0 Å². The number of nitrogens with one attached hydrogen (secondary N) is 1. The van der Waals surface area contributed by atoms with Gasteiger partial charge in [0.1, 0.15) is 0 Å². The number of fused-ring (bicyclic) bond motifs is 1. The van der Waals surface area contributed by atoms with Gasteiger partial charge in [-0.2, -0.15) is 5.10 Å². The Bertz CT molecular complexity index is 967. The van der Waals surface area contributed by atoms with Crippen LogP contribution in [0.4, 0.5) is 0 Å². The Morgan fingerprint density at radius 2 is 1.96 bits per heavy atom. The second kappa shape index (κ2) is 7.56. The zero-order valence-corrected chi connectivity index (χ0v) is 15.8. The molecule has 0 saturated carbocycles. The second-order valence-electron chi connectivity index (χ2n) is 7.00. The summed E-state index contributed by atoms with van der Waals surface area (Å²) in [5.41, 5.74) is 8.18. The van der Waals surface area contributed by atoms with E-state index in [-0.39, 0.29) is 5.91 Å². The summed E-state index contributed by atoms with van der Waals surface area (Å²) in [5, 5.41) is 5.30. The van der Waals surface area contributed by atoms with Crippen LogP contribution >= 0.6 is 0 Å². The molecule has 0 aliphatic heterocycles. The number of hydrazone groups is 1. The monoisotopic (exact) mass is 347 g/mol. The van der Waals surface area contributed by atoms with Gasteiger partial charge in [0, 0.05) is 28.7 Å². The number of benzene rings is 2. The number of amides is 1. The van der Waals surface area contributed by atoms with Crippen molar-refractivity contribution in [2.75, 3.05) is 0 Å². The normalized spacial score (nSPS) is 11.6. The Kier molecular flexibility index (Phi) is 5.21. The van der Waals surface area contributed by atoms with E-state index >= 15 is 0 Å². The molecule has 1 N–H and O–H groups in total. The molecule has 2 aromatic carbocycles. The highest BCUT2D eigenvalue weighted by molar-refractivity contribution is 5.99. The summed E-state index contributed by atoms with van der Waals surface area (Å²) in [7, 11) is 0. The van der Waals surface area contributed by atoms with Crippen molar-refractivity contribution in [1.29, 1.82) is 0 Å². The van der Waals surface area contributed by atoms with Crippen molar-refractivity contribution in [3.05, 3.63) is 70.9 Å². The first-order valence-electron chi connectivity index (χ1n) is 8.93. The van der Waals surface area contributed by atoms with E-state index in [1.807, 2.05) is 31.2 Å². The topological polar surface area (TPSA) is 46.4 Å². The Labute approximate surface area is 154 Å². The molecule has 0 fully saturated rings. The molecule has 0 unspecified atom stereocenters. The highest BCUT2D eigenvalue weighted by atomic mass is 16.2. The summed E-state index contributed by atoms with van der Waals surface area (Å²) in [6.45, 7) is 8.38. The molecule has 0 bridgehead atoms. The number of hydrogen-bond acceptors (Lipinski definition) is 2. The Morgan fingerprint density at radius 3 is 2.69 bits per heavy atom. The predicted molar refractivity (Wildman–Crippen MR) is 108 cm³/mol. The highest BCUT2D eigenvalue weighted by Crippen LogP contribution is 2.23. The number of carbonyl (C=O) groups is 1. The van der Waals surface area contributed by atoms with Crippen LogP contribution in [-0.2, 0) is 11.2 Å². The van der Waals surface area contributed by atoms with E-state index in [1.165, 1.54) is 11.1 Å². The SMILES string of the molecule is Cc1ccc(CC(=O)N/N=C\c2cn(C(C)C)c3ccccc23)c(C)c1. The minimum atomic E-state index is -0.110. The lowest BCUT2D eigenvalue weighted by atomic mass is 10.0. The van der Waals surface area contributed by atoms with E-state index in [0.29, 0.717) is 12.5 Å². The quantitative estimate of drug-likeness (QED) is 0.535. The minimum Gasteiger partial charge on any atom is -0.344 e. The van der Waals surface area contributed by atoms with Crippen LogP contribution in [0.15, 0.2) is 53.8 Å². The molecule has 0 aliphatic carbocycles. The van der Waals surface area contributed by atoms with Gasteiger partial charge in [0.25, 0.3) is 0 Å². The van der Waals surface area contributed by atoms with Gasteiger partial charge in [0.05, 0.1) is 12.6 Å². The fourth-order valence-corrected chi connectivity index (χ4v) is 3.19. The first-order valence-corrected chi connectivity index (χ1v) is 8.93. The van der Waals surface area contributed by atoms with Crippen molar-refractivity contribution in [2.45, 2.75) is 40.2 Å². The number of para-hydroxylation sites is 1. The summed E-state index contributed by atoms with van der Waals surface area (Å²) >= 11 is 0. The Morgan fingerprint density at radius 1 is 1.19 bits per heavy atom. The van der Waals surface area contributed by atoms with Gasteiger partial charge in [-0.3, -0.25) is 4.79 Å². The molecular weight excluding hydrogens is 322 g/mol. The lowest BCUT2D eigenvalue weighted by Crippen LogP contribution is -2.20. The van der Waals surface area contributed by atoms with Crippen molar-refractivity contribution in [3.63, 3.8) is 0 Å². The fraction of sp³-hybridized carbons (Fsp3) is 0.273. The first kappa shape index (κ1) is 17.9. The van der Waals surface area contributed by atoms with Crippen LogP contribution in [0.1, 0.15) is 42.1 Å². The number of aryl methyl sites for hydroxylation is 2. The lowest BCUT2D eigenvalue weighted by molar-refractivity contribution is -0.120. The predicted octanol–water partition coefficient (Wildman–Crippen LogP) is 4.53. The molecule has 0 aliphatic rings. The molecule has 26 heavy (non-hydrogen) atoms. The maximum absolute atomic E-state index is 12.2. The third-order valence-electron chi connectivity index (χ3n) is 4.57.